The van der Waals surface area contributed by atoms with Crippen LogP contribution in [0.1, 0.15) is 52.7 Å². The lowest BCUT2D eigenvalue weighted by atomic mass is 10.0. The summed E-state index contributed by atoms with van der Waals surface area (Å²) < 4.78 is 10.8. The Kier molecular flexibility index (Phi) is 7.80. The molecule has 8 nitrogen and oxygen atoms in total. The SMILES string of the molecule is Cc1c(-c2ccncc2)sc(-c2ccncc2)c1CN(OC(=O)OC(C)(C)C)C(=O)OC(C)(C)C. The number of ether oxygens (including phenoxy) is 2. The molecule has 0 saturated carbocycles. The van der Waals surface area contributed by atoms with Crippen molar-refractivity contribution in [2.75, 3.05) is 0 Å². The van der Waals surface area contributed by atoms with E-state index < -0.39 is 23.5 Å². The molecule has 0 aliphatic rings. The number of hydrogen-bond donors (Lipinski definition) is 0. The minimum atomic E-state index is -0.990. The summed E-state index contributed by atoms with van der Waals surface area (Å²) in [5.74, 6) is 0. The first-order chi connectivity index (χ1) is 16.3. The third-order valence-corrected chi connectivity index (χ3v) is 6.06. The van der Waals surface area contributed by atoms with Crippen LogP contribution in [0.2, 0.25) is 0 Å². The maximum absolute atomic E-state index is 13.1. The molecule has 1 amide bonds. The fourth-order valence-electron chi connectivity index (χ4n) is 3.20. The van der Waals surface area contributed by atoms with Crippen LogP contribution in [0, 0.1) is 6.92 Å². The third kappa shape index (κ3) is 7.26. The van der Waals surface area contributed by atoms with Gasteiger partial charge in [-0.25, -0.2) is 9.59 Å². The van der Waals surface area contributed by atoms with Gasteiger partial charge in [-0.2, -0.15) is 0 Å². The summed E-state index contributed by atoms with van der Waals surface area (Å²) in [6.45, 7) is 12.3. The topological polar surface area (TPSA) is 90.9 Å². The zero-order valence-electron chi connectivity index (χ0n) is 21.1. The first kappa shape index (κ1) is 26.2. The average molecular weight is 498 g/mol. The van der Waals surface area contributed by atoms with E-state index in [-0.39, 0.29) is 6.54 Å². The Morgan fingerprint density at radius 1 is 0.829 bits per heavy atom. The summed E-state index contributed by atoms with van der Waals surface area (Å²) in [4.78, 5) is 41.1. The van der Waals surface area contributed by atoms with Crippen LogP contribution in [0.15, 0.2) is 49.1 Å². The van der Waals surface area contributed by atoms with Crippen molar-refractivity contribution in [3.8, 4) is 20.9 Å². The van der Waals surface area contributed by atoms with Gasteiger partial charge in [0.1, 0.15) is 11.2 Å². The molecule has 3 heterocycles. The Labute approximate surface area is 209 Å². The zero-order valence-corrected chi connectivity index (χ0v) is 21.9. The van der Waals surface area contributed by atoms with Gasteiger partial charge in [0.25, 0.3) is 0 Å². The fraction of sp³-hybridized carbons (Fsp3) is 0.385. The second kappa shape index (κ2) is 10.4. The molecule has 0 spiro atoms. The summed E-state index contributed by atoms with van der Waals surface area (Å²) in [5.41, 5.74) is 2.14. The van der Waals surface area contributed by atoms with Crippen molar-refractivity contribution < 1.29 is 23.9 Å². The van der Waals surface area contributed by atoms with Crippen molar-refractivity contribution in [1.29, 1.82) is 0 Å². The largest absolute Gasteiger partial charge is 0.534 e. The van der Waals surface area contributed by atoms with Crippen LogP contribution >= 0.6 is 11.3 Å². The normalized spacial score (nSPS) is 11.6. The molecule has 3 aromatic rings. The van der Waals surface area contributed by atoms with Gasteiger partial charge < -0.3 is 9.47 Å². The third-order valence-electron chi connectivity index (χ3n) is 4.63. The van der Waals surface area contributed by atoms with Gasteiger partial charge in [-0.1, -0.05) is 0 Å². The van der Waals surface area contributed by atoms with E-state index in [1.54, 1.807) is 77.7 Å². The Bertz CT molecular complexity index is 1170. The van der Waals surface area contributed by atoms with E-state index in [9.17, 15) is 9.59 Å². The molecule has 3 aromatic heterocycles. The van der Waals surface area contributed by atoms with Crippen LogP contribution in [0.5, 0.6) is 0 Å². The molecular formula is C26H31N3O5S. The van der Waals surface area contributed by atoms with Gasteiger partial charge in [-0.05, 0) is 95.0 Å². The summed E-state index contributed by atoms with van der Waals surface area (Å²) in [7, 11) is 0. The highest BCUT2D eigenvalue weighted by Gasteiger charge is 2.30. The van der Waals surface area contributed by atoms with Crippen molar-refractivity contribution in [2.24, 2.45) is 0 Å². The molecule has 0 atom stereocenters. The number of rotatable bonds is 4. The van der Waals surface area contributed by atoms with Gasteiger partial charge in [-0.3, -0.25) is 14.8 Å². The number of carbonyl (C=O) groups is 2. The van der Waals surface area contributed by atoms with E-state index in [0.717, 1.165) is 37.1 Å². The molecule has 0 aliphatic heterocycles. The Balaban J connectivity index is 2.05. The van der Waals surface area contributed by atoms with Crippen LogP contribution in [-0.2, 0) is 20.9 Å². The van der Waals surface area contributed by atoms with Gasteiger partial charge in [0, 0.05) is 34.5 Å². The maximum Gasteiger partial charge on any atom is 0.534 e. The average Bonchev–Trinajstić information content (AvgIpc) is 3.08. The highest BCUT2D eigenvalue weighted by atomic mass is 32.1. The molecule has 0 unspecified atom stereocenters. The molecule has 0 bridgehead atoms. The number of amides is 1. The van der Waals surface area contributed by atoms with E-state index in [1.165, 1.54) is 0 Å². The Morgan fingerprint density at radius 3 is 1.80 bits per heavy atom. The number of thiophene rings is 1. The van der Waals surface area contributed by atoms with Gasteiger partial charge in [-0.15, -0.1) is 16.4 Å². The van der Waals surface area contributed by atoms with Crippen LogP contribution in [0.4, 0.5) is 9.59 Å². The van der Waals surface area contributed by atoms with Crippen molar-refractivity contribution in [2.45, 2.75) is 66.2 Å². The molecule has 0 radical (unpaired) electrons. The Hall–Kier alpha value is -3.46. The van der Waals surface area contributed by atoms with E-state index in [0.29, 0.717) is 0 Å². The molecular weight excluding hydrogens is 466 g/mol. The standard InChI is InChI=1S/C26H31N3O5S/c1-17-20(16-29(23(30)32-25(2,3)4)34-24(31)33-26(5,6)7)22(19-10-14-28-15-11-19)35-21(17)18-8-12-27-13-9-18/h8-15H,16H2,1-7H3. The molecule has 9 heteroatoms. The molecule has 35 heavy (non-hydrogen) atoms. The highest BCUT2D eigenvalue weighted by Crippen LogP contribution is 2.42. The number of pyridine rings is 2. The van der Waals surface area contributed by atoms with Crippen molar-refractivity contribution in [1.82, 2.24) is 15.0 Å². The number of nitrogens with zero attached hydrogens (tertiary/aromatic N) is 3. The predicted octanol–water partition coefficient (Wildman–Crippen LogP) is 6.78. The van der Waals surface area contributed by atoms with Crippen LogP contribution in [-0.4, -0.2) is 38.5 Å². The van der Waals surface area contributed by atoms with Crippen LogP contribution in [0.3, 0.4) is 0 Å². The molecule has 0 aromatic carbocycles. The minimum absolute atomic E-state index is 0.0285. The van der Waals surface area contributed by atoms with Crippen LogP contribution < -0.4 is 0 Å². The Morgan fingerprint density at radius 2 is 1.31 bits per heavy atom. The number of carbonyl (C=O) groups excluding carboxylic acids is 2. The van der Waals surface area contributed by atoms with E-state index in [4.69, 9.17) is 14.3 Å². The fourth-order valence-corrected chi connectivity index (χ4v) is 4.53. The van der Waals surface area contributed by atoms with Crippen molar-refractivity contribution in [3.05, 3.63) is 60.2 Å². The van der Waals surface area contributed by atoms with Crippen LogP contribution in [0.25, 0.3) is 20.9 Å². The van der Waals surface area contributed by atoms with E-state index in [1.807, 2.05) is 31.2 Å². The lowest BCUT2D eigenvalue weighted by molar-refractivity contribution is -0.140. The van der Waals surface area contributed by atoms with Gasteiger partial charge in [0.05, 0.1) is 6.54 Å². The molecule has 0 fully saturated rings. The number of aromatic nitrogens is 2. The highest BCUT2D eigenvalue weighted by molar-refractivity contribution is 7.19. The van der Waals surface area contributed by atoms with Gasteiger partial charge in [0.15, 0.2) is 0 Å². The maximum atomic E-state index is 13.1. The minimum Gasteiger partial charge on any atom is -0.442 e. The van der Waals surface area contributed by atoms with Gasteiger partial charge >= 0.3 is 12.2 Å². The number of hydrogen-bond acceptors (Lipinski definition) is 8. The first-order valence-electron chi connectivity index (χ1n) is 11.2. The van der Waals surface area contributed by atoms with Gasteiger partial charge in [0.2, 0.25) is 0 Å². The second-order valence-electron chi connectivity index (χ2n) is 9.91. The van der Waals surface area contributed by atoms with Crippen molar-refractivity contribution in [3.63, 3.8) is 0 Å². The molecule has 0 aliphatic carbocycles. The summed E-state index contributed by atoms with van der Waals surface area (Å²) in [6, 6.07) is 7.67. The molecule has 186 valence electrons. The van der Waals surface area contributed by atoms with Crippen molar-refractivity contribution >= 4 is 23.6 Å². The predicted molar refractivity (Wildman–Crippen MR) is 135 cm³/mol. The zero-order chi connectivity index (χ0) is 25.8. The lowest BCUT2D eigenvalue weighted by Crippen LogP contribution is -2.39. The second-order valence-corrected chi connectivity index (χ2v) is 10.9. The molecule has 3 rings (SSSR count). The monoisotopic (exact) mass is 497 g/mol. The van der Waals surface area contributed by atoms with E-state index >= 15 is 0 Å². The lowest BCUT2D eigenvalue weighted by Gasteiger charge is -2.27. The number of hydroxylamine groups is 2. The molecule has 0 saturated heterocycles. The van der Waals surface area contributed by atoms with E-state index in [2.05, 4.69) is 9.97 Å². The quantitative estimate of drug-likeness (QED) is 0.290. The smallest absolute Gasteiger partial charge is 0.442 e. The molecule has 0 N–H and O–H groups in total. The summed E-state index contributed by atoms with van der Waals surface area (Å²) in [5, 5.41) is 0.912. The first-order valence-corrected chi connectivity index (χ1v) is 12.0. The summed E-state index contributed by atoms with van der Waals surface area (Å²) >= 11 is 1.58. The summed E-state index contributed by atoms with van der Waals surface area (Å²) in [6.07, 6.45) is 5.11.